The molecule has 0 saturated carbocycles. The van der Waals surface area contributed by atoms with E-state index < -0.39 is 30.8 Å². The molecule has 0 N–H and O–H groups in total. The van der Waals surface area contributed by atoms with Gasteiger partial charge in [0, 0.05) is 12.8 Å². The second-order valence-corrected chi connectivity index (χ2v) is 4.20. The van der Waals surface area contributed by atoms with Crippen LogP contribution in [0.25, 0.3) is 0 Å². The maximum absolute atomic E-state index is 13.9. The Morgan fingerprint density at radius 2 is 2.05 bits per heavy atom. The molecule has 0 spiro atoms. The van der Waals surface area contributed by atoms with Crippen molar-refractivity contribution in [2.45, 2.75) is 24.8 Å². The molecule has 0 heterocycles. The van der Waals surface area contributed by atoms with E-state index in [9.17, 15) is 18.4 Å². The zero-order valence-electron chi connectivity index (χ0n) is 11.0. The van der Waals surface area contributed by atoms with Crippen molar-refractivity contribution in [1.82, 2.24) is 0 Å². The van der Waals surface area contributed by atoms with Crippen molar-refractivity contribution in [2.75, 3.05) is 7.11 Å². The molecule has 0 radical (unpaired) electrons. The fraction of sp³-hybridized carbons (Fsp3) is 0.357. The highest BCUT2D eigenvalue weighted by molar-refractivity contribution is 6.13. The largest absolute Gasteiger partial charge is 0.467 e. The first-order valence-electron chi connectivity index (χ1n) is 5.95. The van der Waals surface area contributed by atoms with Crippen LogP contribution >= 0.6 is 0 Å². The number of halogens is 2. The van der Waals surface area contributed by atoms with Crippen molar-refractivity contribution in [3.8, 4) is 0 Å². The van der Waals surface area contributed by atoms with Gasteiger partial charge in [-0.25, -0.2) is 13.6 Å². The number of aldehydes is 1. The highest BCUT2D eigenvalue weighted by atomic mass is 19.3. The van der Waals surface area contributed by atoms with Gasteiger partial charge in [-0.1, -0.05) is 30.3 Å². The molecule has 20 heavy (non-hydrogen) atoms. The van der Waals surface area contributed by atoms with Gasteiger partial charge in [0.05, 0.1) is 13.3 Å². The highest BCUT2D eigenvalue weighted by Gasteiger charge is 2.36. The van der Waals surface area contributed by atoms with Crippen LogP contribution in [0, 0.1) is 0 Å². The lowest BCUT2D eigenvalue weighted by Crippen LogP contribution is -2.31. The summed E-state index contributed by atoms with van der Waals surface area (Å²) >= 11 is 0. The van der Waals surface area contributed by atoms with E-state index in [1.165, 1.54) is 0 Å². The first-order chi connectivity index (χ1) is 9.48. The molecule has 1 rings (SSSR count). The Hall–Kier alpha value is -2.11. The second-order valence-electron chi connectivity index (χ2n) is 4.20. The molecule has 1 aromatic rings. The smallest absolute Gasteiger partial charge is 0.330 e. The number of carbonyl (C=O) groups is 2. The Balaban J connectivity index is 2.77. The van der Waals surface area contributed by atoms with Crippen LogP contribution in [0.3, 0.4) is 0 Å². The molecule has 0 bridgehead atoms. The number of hydrogen-bond donors (Lipinski definition) is 0. The number of carbonyl (C=O) groups excluding carboxylic acids is 2. The van der Waals surface area contributed by atoms with Gasteiger partial charge in [-0.3, -0.25) is 9.79 Å². The number of benzene rings is 1. The molecule has 0 fully saturated rings. The molecule has 6 heteroatoms. The van der Waals surface area contributed by atoms with Crippen LogP contribution < -0.4 is 0 Å². The number of methoxy groups -OCH3 is 1. The first-order valence-corrected chi connectivity index (χ1v) is 5.95. The molecule has 1 atom stereocenters. The predicted molar refractivity (Wildman–Crippen MR) is 70.1 cm³/mol. The predicted octanol–water partition coefficient (Wildman–Crippen LogP) is 2.07. The van der Waals surface area contributed by atoms with Gasteiger partial charge in [-0.15, -0.1) is 0 Å². The van der Waals surface area contributed by atoms with E-state index in [-0.39, 0.29) is 0 Å². The van der Waals surface area contributed by atoms with Crippen LogP contribution in [0.2, 0.25) is 0 Å². The summed E-state index contributed by atoms with van der Waals surface area (Å²) in [7, 11) is 1.08. The molecule has 0 aromatic heterocycles. The third-order valence-electron chi connectivity index (χ3n) is 2.60. The fourth-order valence-corrected chi connectivity index (χ4v) is 1.72. The maximum Gasteiger partial charge on any atom is 0.330 e. The van der Waals surface area contributed by atoms with E-state index in [2.05, 4.69) is 9.73 Å². The van der Waals surface area contributed by atoms with Gasteiger partial charge in [0.2, 0.25) is 0 Å². The number of rotatable bonds is 7. The van der Waals surface area contributed by atoms with Gasteiger partial charge in [0.15, 0.2) is 12.3 Å². The summed E-state index contributed by atoms with van der Waals surface area (Å²) in [5.74, 6) is -4.02. The number of ether oxygens (including phenoxy) is 1. The van der Waals surface area contributed by atoms with E-state index in [1.54, 1.807) is 30.3 Å². The van der Waals surface area contributed by atoms with Crippen LogP contribution in [0.5, 0.6) is 0 Å². The third-order valence-corrected chi connectivity index (χ3v) is 2.60. The van der Waals surface area contributed by atoms with E-state index in [0.29, 0.717) is 11.8 Å². The van der Waals surface area contributed by atoms with Gasteiger partial charge in [0.25, 0.3) is 5.92 Å². The molecule has 108 valence electrons. The first kappa shape index (κ1) is 15.9. The van der Waals surface area contributed by atoms with Crippen molar-refractivity contribution in [3.05, 3.63) is 35.9 Å². The topological polar surface area (TPSA) is 55.7 Å². The SMILES string of the molecule is COC(=O)[C@H](CC(F)(F)Cc1ccccc1)N=CC=O. The molecule has 1 aromatic carbocycles. The van der Waals surface area contributed by atoms with Crippen LogP contribution in [0.1, 0.15) is 12.0 Å². The lowest BCUT2D eigenvalue weighted by molar-refractivity contribution is -0.144. The van der Waals surface area contributed by atoms with Crippen LogP contribution in [-0.2, 0) is 20.7 Å². The Labute approximate surface area is 115 Å². The van der Waals surface area contributed by atoms with E-state index in [0.717, 1.165) is 13.3 Å². The summed E-state index contributed by atoms with van der Waals surface area (Å²) in [5, 5.41) is 0. The molecular formula is C14H15F2NO3. The molecule has 0 aliphatic rings. The number of hydrogen-bond acceptors (Lipinski definition) is 4. The zero-order valence-corrected chi connectivity index (χ0v) is 11.0. The number of alkyl halides is 2. The quantitative estimate of drug-likeness (QED) is 0.437. The average Bonchev–Trinajstić information content (AvgIpc) is 2.43. The summed E-state index contributed by atoms with van der Waals surface area (Å²) in [6.45, 7) is 0. The second kappa shape index (κ2) is 7.47. The van der Waals surface area contributed by atoms with Crippen LogP contribution in [0.4, 0.5) is 8.78 Å². The molecular weight excluding hydrogens is 268 g/mol. The Morgan fingerprint density at radius 1 is 1.40 bits per heavy atom. The monoisotopic (exact) mass is 283 g/mol. The normalized spacial score (nSPS) is 13.2. The Bertz CT molecular complexity index is 475. The van der Waals surface area contributed by atoms with Gasteiger partial charge < -0.3 is 4.74 Å². The van der Waals surface area contributed by atoms with Crippen molar-refractivity contribution in [3.63, 3.8) is 0 Å². The summed E-state index contributed by atoms with van der Waals surface area (Å²) < 4.78 is 32.2. The Morgan fingerprint density at radius 3 is 2.60 bits per heavy atom. The third kappa shape index (κ3) is 5.26. The molecule has 0 unspecified atom stereocenters. The summed E-state index contributed by atoms with van der Waals surface area (Å²) in [4.78, 5) is 25.0. The average molecular weight is 283 g/mol. The fourth-order valence-electron chi connectivity index (χ4n) is 1.72. The van der Waals surface area contributed by atoms with E-state index in [4.69, 9.17) is 0 Å². The number of nitrogens with zero attached hydrogens (tertiary/aromatic N) is 1. The van der Waals surface area contributed by atoms with Gasteiger partial charge in [0.1, 0.15) is 0 Å². The van der Waals surface area contributed by atoms with E-state index in [1.807, 2.05) is 0 Å². The minimum absolute atomic E-state index is 0.325. The van der Waals surface area contributed by atoms with Gasteiger partial charge >= 0.3 is 5.97 Å². The summed E-state index contributed by atoms with van der Waals surface area (Å²) in [6, 6.07) is 6.82. The minimum atomic E-state index is -3.12. The highest BCUT2D eigenvalue weighted by Crippen LogP contribution is 2.27. The zero-order chi connectivity index (χ0) is 15.0. The van der Waals surface area contributed by atoms with Gasteiger partial charge in [-0.2, -0.15) is 0 Å². The van der Waals surface area contributed by atoms with Gasteiger partial charge in [-0.05, 0) is 5.56 Å². The maximum atomic E-state index is 13.9. The van der Waals surface area contributed by atoms with Crippen molar-refractivity contribution < 1.29 is 23.1 Å². The van der Waals surface area contributed by atoms with Crippen LogP contribution in [0.15, 0.2) is 35.3 Å². The van der Waals surface area contributed by atoms with Crippen LogP contribution in [-0.4, -0.2) is 37.5 Å². The lowest BCUT2D eigenvalue weighted by atomic mass is 10.0. The standard InChI is InChI=1S/C14H15F2NO3/c1-20-13(19)12(17-7-8-18)10-14(15,16)9-11-5-3-2-4-6-11/h2-8,12H,9-10H2,1H3/t12-/m0/s1. The lowest BCUT2D eigenvalue weighted by Gasteiger charge is -2.19. The molecule has 0 aliphatic heterocycles. The number of aliphatic imine (C=N–C) groups is 1. The van der Waals surface area contributed by atoms with Crippen molar-refractivity contribution >= 4 is 18.5 Å². The molecule has 4 nitrogen and oxygen atoms in total. The van der Waals surface area contributed by atoms with Crippen molar-refractivity contribution in [1.29, 1.82) is 0 Å². The molecule has 0 amide bonds. The molecule has 0 saturated heterocycles. The van der Waals surface area contributed by atoms with Crippen molar-refractivity contribution in [2.24, 2.45) is 4.99 Å². The summed E-state index contributed by atoms with van der Waals surface area (Å²) in [5.41, 5.74) is 0.459. The summed E-state index contributed by atoms with van der Waals surface area (Å²) in [6.07, 6.45) is -0.206. The van der Waals surface area contributed by atoms with E-state index >= 15 is 0 Å². The number of esters is 1. The Kier molecular flexibility index (Phi) is 5.96. The molecule has 0 aliphatic carbocycles. The minimum Gasteiger partial charge on any atom is -0.467 e.